The maximum absolute atomic E-state index is 5.78. The van der Waals surface area contributed by atoms with Crippen LogP contribution >= 0.6 is 0 Å². The van der Waals surface area contributed by atoms with Gasteiger partial charge in [0.25, 0.3) is 0 Å². The van der Waals surface area contributed by atoms with Crippen molar-refractivity contribution in [1.29, 1.82) is 0 Å². The van der Waals surface area contributed by atoms with Gasteiger partial charge < -0.3 is 19.5 Å². The minimum atomic E-state index is 0.251. The summed E-state index contributed by atoms with van der Waals surface area (Å²) >= 11 is 0. The van der Waals surface area contributed by atoms with Gasteiger partial charge in [-0.15, -0.1) is 0 Å². The molecule has 0 radical (unpaired) electrons. The molecule has 2 aromatic rings. The Bertz CT molecular complexity index is 621. The minimum Gasteiger partial charge on any atom is -0.491 e. The fourth-order valence-corrected chi connectivity index (χ4v) is 2.71. The van der Waals surface area contributed by atoms with E-state index in [9.17, 15) is 0 Å². The molecule has 24 heavy (non-hydrogen) atoms. The highest BCUT2D eigenvalue weighted by Gasteiger charge is 2.15. The Morgan fingerprint density at radius 2 is 1.92 bits per heavy atom. The Morgan fingerprint density at radius 3 is 2.67 bits per heavy atom. The molecule has 4 nitrogen and oxygen atoms in total. The van der Waals surface area contributed by atoms with Crippen molar-refractivity contribution in [3.63, 3.8) is 0 Å². The Balaban J connectivity index is 1.37. The molecule has 0 spiro atoms. The van der Waals surface area contributed by atoms with Gasteiger partial charge in [0, 0.05) is 18.8 Å². The molecule has 0 bridgehead atoms. The van der Waals surface area contributed by atoms with Gasteiger partial charge in [-0.1, -0.05) is 18.2 Å². The molecule has 0 saturated carbocycles. The highest BCUT2D eigenvalue weighted by Crippen LogP contribution is 2.19. The summed E-state index contributed by atoms with van der Waals surface area (Å²) in [5.74, 6) is 1.82. The largest absolute Gasteiger partial charge is 0.491 e. The number of hydrogen-bond donors (Lipinski definition) is 1. The summed E-state index contributed by atoms with van der Waals surface area (Å²) in [7, 11) is 0. The fraction of sp³-hybridized carbons (Fsp3) is 0.400. The van der Waals surface area contributed by atoms with Crippen LogP contribution in [-0.4, -0.2) is 32.5 Å². The summed E-state index contributed by atoms with van der Waals surface area (Å²) in [4.78, 5) is 0. The van der Waals surface area contributed by atoms with Crippen LogP contribution in [0.3, 0.4) is 0 Å². The maximum atomic E-state index is 5.78. The van der Waals surface area contributed by atoms with E-state index in [-0.39, 0.29) is 6.10 Å². The van der Waals surface area contributed by atoms with Gasteiger partial charge in [-0.05, 0) is 55.7 Å². The SMILES string of the molecule is Cc1ccccc1OCCNc1ccc(OCC2CCCO2)cc1. The van der Waals surface area contributed by atoms with Gasteiger partial charge in [-0.2, -0.15) is 0 Å². The second-order valence-corrected chi connectivity index (χ2v) is 6.01. The van der Waals surface area contributed by atoms with Crippen molar-refractivity contribution in [2.24, 2.45) is 0 Å². The monoisotopic (exact) mass is 327 g/mol. The first kappa shape index (κ1) is 16.7. The number of nitrogens with one attached hydrogen (secondary N) is 1. The second kappa shape index (κ2) is 8.60. The lowest BCUT2D eigenvalue weighted by molar-refractivity contribution is 0.0679. The molecule has 1 N–H and O–H groups in total. The van der Waals surface area contributed by atoms with E-state index in [1.165, 1.54) is 0 Å². The molecule has 128 valence electrons. The topological polar surface area (TPSA) is 39.7 Å². The van der Waals surface area contributed by atoms with Crippen LogP contribution in [0.1, 0.15) is 18.4 Å². The van der Waals surface area contributed by atoms with E-state index in [1.54, 1.807) is 0 Å². The zero-order valence-corrected chi connectivity index (χ0v) is 14.2. The average molecular weight is 327 g/mol. The molecular formula is C20H25NO3. The first-order valence-corrected chi connectivity index (χ1v) is 8.58. The molecule has 4 heteroatoms. The van der Waals surface area contributed by atoms with Crippen molar-refractivity contribution in [2.45, 2.75) is 25.9 Å². The van der Waals surface area contributed by atoms with Crippen LogP contribution in [0, 0.1) is 6.92 Å². The van der Waals surface area contributed by atoms with Crippen molar-refractivity contribution in [3.8, 4) is 11.5 Å². The number of aryl methyl sites for hydroxylation is 1. The molecule has 1 aliphatic rings. The number of benzene rings is 2. The van der Waals surface area contributed by atoms with E-state index in [4.69, 9.17) is 14.2 Å². The Labute approximate surface area is 143 Å². The molecule has 1 fully saturated rings. The Morgan fingerprint density at radius 1 is 1.08 bits per heavy atom. The number of ether oxygens (including phenoxy) is 3. The number of rotatable bonds is 8. The van der Waals surface area contributed by atoms with Crippen LogP contribution in [0.25, 0.3) is 0 Å². The molecule has 1 saturated heterocycles. The van der Waals surface area contributed by atoms with Crippen molar-refractivity contribution in [2.75, 3.05) is 31.7 Å². The third kappa shape index (κ3) is 4.90. The van der Waals surface area contributed by atoms with Crippen molar-refractivity contribution in [3.05, 3.63) is 54.1 Å². The summed E-state index contributed by atoms with van der Waals surface area (Å²) in [5, 5.41) is 3.35. The highest BCUT2D eigenvalue weighted by atomic mass is 16.5. The highest BCUT2D eigenvalue weighted by molar-refractivity contribution is 5.46. The third-order valence-electron chi connectivity index (χ3n) is 4.10. The van der Waals surface area contributed by atoms with E-state index in [1.807, 2.05) is 42.5 Å². The molecule has 1 atom stereocenters. The number of hydrogen-bond acceptors (Lipinski definition) is 4. The third-order valence-corrected chi connectivity index (χ3v) is 4.10. The standard InChI is InChI=1S/C20H25NO3/c1-16-5-2-3-7-20(16)23-14-12-21-17-8-10-18(11-9-17)24-15-19-6-4-13-22-19/h2-3,5,7-11,19,21H,4,6,12-15H2,1H3. The van der Waals surface area contributed by atoms with E-state index in [0.29, 0.717) is 13.2 Å². The molecule has 1 unspecified atom stereocenters. The predicted molar refractivity (Wildman–Crippen MR) is 96.1 cm³/mol. The van der Waals surface area contributed by atoms with Gasteiger partial charge in [-0.3, -0.25) is 0 Å². The molecule has 0 amide bonds. The maximum Gasteiger partial charge on any atom is 0.122 e. The van der Waals surface area contributed by atoms with E-state index < -0.39 is 0 Å². The van der Waals surface area contributed by atoms with Gasteiger partial charge in [0.2, 0.25) is 0 Å². The number of para-hydroxylation sites is 1. The first-order chi connectivity index (χ1) is 11.8. The lowest BCUT2D eigenvalue weighted by atomic mass is 10.2. The van der Waals surface area contributed by atoms with Gasteiger partial charge in [0.15, 0.2) is 0 Å². The summed E-state index contributed by atoms with van der Waals surface area (Å²) in [6, 6.07) is 16.1. The molecule has 0 aromatic heterocycles. The predicted octanol–water partition coefficient (Wildman–Crippen LogP) is 4.04. The molecule has 1 heterocycles. The van der Waals surface area contributed by atoms with Gasteiger partial charge in [0.1, 0.15) is 24.7 Å². The van der Waals surface area contributed by atoms with Crippen molar-refractivity contribution >= 4 is 5.69 Å². The average Bonchev–Trinajstić information content (AvgIpc) is 3.13. The van der Waals surface area contributed by atoms with Crippen molar-refractivity contribution < 1.29 is 14.2 Å². The van der Waals surface area contributed by atoms with Crippen LogP contribution < -0.4 is 14.8 Å². The summed E-state index contributed by atoms with van der Waals surface area (Å²) in [6.45, 7) is 4.93. The fourth-order valence-electron chi connectivity index (χ4n) is 2.71. The van der Waals surface area contributed by atoms with Crippen LogP contribution in [0.5, 0.6) is 11.5 Å². The van der Waals surface area contributed by atoms with E-state index in [0.717, 1.165) is 48.7 Å². The molecular weight excluding hydrogens is 302 g/mol. The Hall–Kier alpha value is -2.20. The van der Waals surface area contributed by atoms with Gasteiger partial charge >= 0.3 is 0 Å². The van der Waals surface area contributed by atoms with E-state index >= 15 is 0 Å². The Kier molecular flexibility index (Phi) is 5.96. The molecule has 1 aliphatic heterocycles. The number of anilines is 1. The van der Waals surface area contributed by atoms with Gasteiger partial charge in [-0.25, -0.2) is 0 Å². The van der Waals surface area contributed by atoms with Crippen molar-refractivity contribution in [1.82, 2.24) is 0 Å². The summed E-state index contributed by atoms with van der Waals surface area (Å²) < 4.78 is 17.1. The van der Waals surface area contributed by atoms with Gasteiger partial charge in [0.05, 0.1) is 6.10 Å². The normalized spacial score (nSPS) is 16.8. The first-order valence-electron chi connectivity index (χ1n) is 8.58. The van der Waals surface area contributed by atoms with E-state index in [2.05, 4.69) is 18.3 Å². The molecule has 0 aliphatic carbocycles. The lowest BCUT2D eigenvalue weighted by Gasteiger charge is -2.13. The zero-order chi connectivity index (χ0) is 16.6. The zero-order valence-electron chi connectivity index (χ0n) is 14.2. The summed E-state index contributed by atoms with van der Waals surface area (Å²) in [6.07, 6.45) is 2.49. The second-order valence-electron chi connectivity index (χ2n) is 6.01. The van der Waals surface area contributed by atoms with Crippen LogP contribution in [0.4, 0.5) is 5.69 Å². The lowest BCUT2D eigenvalue weighted by Crippen LogP contribution is -2.16. The summed E-state index contributed by atoms with van der Waals surface area (Å²) in [5.41, 5.74) is 2.22. The molecule has 2 aromatic carbocycles. The quantitative estimate of drug-likeness (QED) is 0.743. The molecule has 3 rings (SSSR count). The minimum absolute atomic E-state index is 0.251. The smallest absolute Gasteiger partial charge is 0.122 e. The van der Waals surface area contributed by atoms with Crippen LogP contribution in [0.15, 0.2) is 48.5 Å². The van der Waals surface area contributed by atoms with Crippen LogP contribution in [0.2, 0.25) is 0 Å². The van der Waals surface area contributed by atoms with Crippen LogP contribution in [-0.2, 0) is 4.74 Å².